The summed E-state index contributed by atoms with van der Waals surface area (Å²) in [5, 5.41) is 0. The molecule has 2 N–H and O–H groups in total. The van der Waals surface area contributed by atoms with Gasteiger partial charge in [0.15, 0.2) is 17.4 Å². The van der Waals surface area contributed by atoms with Gasteiger partial charge in [-0.15, -0.1) is 0 Å². The number of para-hydroxylation sites is 1. The van der Waals surface area contributed by atoms with Crippen LogP contribution in [0.2, 0.25) is 0 Å². The molecular formula is C16H18FN5O2. The Morgan fingerprint density at radius 1 is 1.21 bits per heavy atom. The number of carbonyl (C=O) groups excluding carboxylic acids is 1. The molecule has 0 bridgehead atoms. The van der Waals surface area contributed by atoms with Crippen molar-refractivity contribution >= 4 is 17.4 Å². The number of ether oxygens (including phenoxy) is 1. The molecule has 3 rings (SSSR count). The standard InChI is InChI=1S/C16H18FN5O2/c1-11(23)21-6-8-22(9-7-21)15-14(18)16(20-10-19-15)24-13-5-3-2-4-12(13)17/h2-5,10H,6-9,18H2,1H3. The summed E-state index contributed by atoms with van der Waals surface area (Å²) in [7, 11) is 0. The van der Waals surface area contributed by atoms with Gasteiger partial charge < -0.3 is 20.3 Å². The Kier molecular flexibility index (Phi) is 4.45. The van der Waals surface area contributed by atoms with E-state index in [4.69, 9.17) is 10.5 Å². The Morgan fingerprint density at radius 3 is 2.58 bits per heavy atom. The Labute approximate surface area is 138 Å². The van der Waals surface area contributed by atoms with Crippen molar-refractivity contribution in [3.63, 3.8) is 0 Å². The number of halogens is 1. The highest BCUT2D eigenvalue weighted by molar-refractivity contribution is 5.74. The second-order valence-corrected chi connectivity index (χ2v) is 5.44. The summed E-state index contributed by atoms with van der Waals surface area (Å²) < 4.78 is 19.2. The summed E-state index contributed by atoms with van der Waals surface area (Å²) >= 11 is 0. The molecule has 1 fully saturated rings. The summed E-state index contributed by atoms with van der Waals surface area (Å²) in [6, 6.07) is 6.04. The topological polar surface area (TPSA) is 84.6 Å². The van der Waals surface area contributed by atoms with E-state index in [9.17, 15) is 9.18 Å². The first-order valence-electron chi connectivity index (χ1n) is 7.59. The van der Waals surface area contributed by atoms with Gasteiger partial charge in [-0.3, -0.25) is 4.79 Å². The van der Waals surface area contributed by atoms with Gasteiger partial charge in [-0.25, -0.2) is 9.37 Å². The van der Waals surface area contributed by atoms with Gasteiger partial charge in [-0.05, 0) is 12.1 Å². The second-order valence-electron chi connectivity index (χ2n) is 5.44. The highest BCUT2D eigenvalue weighted by atomic mass is 19.1. The van der Waals surface area contributed by atoms with Crippen molar-refractivity contribution in [2.45, 2.75) is 6.92 Å². The smallest absolute Gasteiger partial charge is 0.248 e. The molecule has 8 heteroatoms. The highest BCUT2D eigenvalue weighted by Gasteiger charge is 2.23. The Hall–Kier alpha value is -2.90. The number of piperazine rings is 1. The van der Waals surface area contributed by atoms with Crippen LogP contribution in [0.1, 0.15) is 6.92 Å². The van der Waals surface area contributed by atoms with Crippen molar-refractivity contribution < 1.29 is 13.9 Å². The molecule has 0 radical (unpaired) electrons. The molecule has 1 saturated heterocycles. The zero-order chi connectivity index (χ0) is 17.1. The number of benzene rings is 1. The van der Waals surface area contributed by atoms with Crippen LogP contribution in [-0.4, -0.2) is 47.0 Å². The lowest BCUT2D eigenvalue weighted by Crippen LogP contribution is -2.48. The molecule has 1 aromatic heterocycles. The monoisotopic (exact) mass is 331 g/mol. The van der Waals surface area contributed by atoms with Crippen LogP contribution in [-0.2, 0) is 4.79 Å². The van der Waals surface area contributed by atoms with E-state index in [0.717, 1.165) is 0 Å². The van der Waals surface area contributed by atoms with E-state index in [-0.39, 0.29) is 23.2 Å². The number of anilines is 2. The molecule has 0 aliphatic carbocycles. The molecule has 7 nitrogen and oxygen atoms in total. The first-order chi connectivity index (χ1) is 11.6. The largest absolute Gasteiger partial charge is 0.434 e. The van der Waals surface area contributed by atoms with Gasteiger partial charge in [0.2, 0.25) is 11.8 Å². The summed E-state index contributed by atoms with van der Waals surface area (Å²) in [5.41, 5.74) is 6.36. The number of nitrogens with zero attached hydrogens (tertiary/aromatic N) is 4. The van der Waals surface area contributed by atoms with E-state index in [0.29, 0.717) is 32.0 Å². The highest BCUT2D eigenvalue weighted by Crippen LogP contribution is 2.32. The summed E-state index contributed by atoms with van der Waals surface area (Å²) in [6.07, 6.45) is 1.33. The van der Waals surface area contributed by atoms with Crippen LogP contribution in [0.25, 0.3) is 0 Å². The van der Waals surface area contributed by atoms with Crippen molar-refractivity contribution in [1.29, 1.82) is 0 Å². The zero-order valence-electron chi connectivity index (χ0n) is 13.3. The van der Waals surface area contributed by atoms with Gasteiger partial charge >= 0.3 is 0 Å². The molecular weight excluding hydrogens is 313 g/mol. The van der Waals surface area contributed by atoms with E-state index in [1.807, 2.05) is 4.90 Å². The van der Waals surface area contributed by atoms with Crippen molar-refractivity contribution in [2.75, 3.05) is 36.8 Å². The van der Waals surface area contributed by atoms with Gasteiger partial charge in [0.25, 0.3) is 0 Å². The lowest BCUT2D eigenvalue weighted by molar-refractivity contribution is -0.129. The molecule has 1 aliphatic heterocycles. The Bertz CT molecular complexity index is 747. The lowest BCUT2D eigenvalue weighted by atomic mass is 10.3. The van der Waals surface area contributed by atoms with Crippen LogP contribution in [0.4, 0.5) is 15.9 Å². The molecule has 24 heavy (non-hydrogen) atoms. The average molecular weight is 331 g/mol. The maximum atomic E-state index is 13.7. The summed E-state index contributed by atoms with van der Waals surface area (Å²) in [4.78, 5) is 23.3. The SMILES string of the molecule is CC(=O)N1CCN(c2ncnc(Oc3ccccc3F)c2N)CC1. The van der Waals surface area contributed by atoms with Crippen LogP contribution >= 0.6 is 0 Å². The van der Waals surface area contributed by atoms with Gasteiger partial charge in [-0.1, -0.05) is 12.1 Å². The van der Waals surface area contributed by atoms with E-state index >= 15 is 0 Å². The predicted molar refractivity (Wildman–Crippen MR) is 87.4 cm³/mol. The van der Waals surface area contributed by atoms with E-state index in [2.05, 4.69) is 9.97 Å². The number of nitrogen functional groups attached to an aromatic ring is 1. The van der Waals surface area contributed by atoms with Gasteiger partial charge in [0.05, 0.1) is 0 Å². The fraction of sp³-hybridized carbons (Fsp3) is 0.312. The third-order valence-corrected chi connectivity index (χ3v) is 3.89. The first-order valence-corrected chi connectivity index (χ1v) is 7.59. The van der Waals surface area contributed by atoms with Gasteiger partial charge in [0.1, 0.15) is 12.0 Å². The van der Waals surface area contributed by atoms with Crippen LogP contribution in [0.3, 0.4) is 0 Å². The molecule has 1 amide bonds. The van der Waals surface area contributed by atoms with E-state index in [1.54, 1.807) is 24.0 Å². The minimum Gasteiger partial charge on any atom is -0.434 e. The molecule has 0 saturated carbocycles. The number of nitrogens with two attached hydrogens (primary N) is 1. The number of carbonyl (C=O) groups is 1. The molecule has 1 aliphatic rings. The fourth-order valence-corrected chi connectivity index (χ4v) is 2.57. The normalized spacial score (nSPS) is 14.6. The minimum atomic E-state index is -0.493. The summed E-state index contributed by atoms with van der Waals surface area (Å²) in [5.74, 6) is 0.245. The number of hydrogen-bond donors (Lipinski definition) is 1. The molecule has 126 valence electrons. The minimum absolute atomic E-state index is 0.0499. The third-order valence-electron chi connectivity index (χ3n) is 3.89. The van der Waals surface area contributed by atoms with Crippen LogP contribution < -0.4 is 15.4 Å². The number of hydrogen-bond acceptors (Lipinski definition) is 6. The average Bonchev–Trinajstić information content (AvgIpc) is 2.59. The van der Waals surface area contributed by atoms with Gasteiger partial charge in [0, 0.05) is 33.1 Å². The van der Waals surface area contributed by atoms with E-state index < -0.39 is 5.82 Å². The van der Waals surface area contributed by atoms with Crippen molar-refractivity contribution in [2.24, 2.45) is 0 Å². The summed E-state index contributed by atoms with van der Waals surface area (Å²) in [6.45, 7) is 3.97. The zero-order valence-corrected chi connectivity index (χ0v) is 13.3. The molecule has 0 spiro atoms. The molecule has 0 unspecified atom stereocenters. The maximum absolute atomic E-state index is 13.7. The van der Waals surface area contributed by atoms with Crippen molar-refractivity contribution in [1.82, 2.24) is 14.9 Å². The molecule has 1 aromatic carbocycles. The maximum Gasteiger partial charge on any atom is 0.248 e. The fourth-order valence-electron chi connectivity index (χ4n) is 2.57. The Morgan fingerprint density at radius 2 is 1.92 bits per heavy atom. The number of amides is 1. The van der Waals surface area contributed by atoms with Crippen molar-refractivity contribution in [3.8, 4) is 11.6 Å². The Balaban J connectivity index is 1.79. The van der Waals surface area contributed by atoms with E-state index in [1.165, 1.54) is 18.5 Å². The lowest BCUT2D eigenvalue weighted by Gasteiger charge is -2.35. The predicted octanol–water partition coefficient (Wildman–Crippen LogP) is 1.66. The molecule has 2 aromatic rings. The third kappa shape index (κ3) is 3.22. The van der Waals surface area contributed by atoms with Crippen LogP contribution in [0.15, 0.2) is 30.6 Å². The van der Waals surface area contributed by atoms with Crippen LogP contribution in [0, 0.1) is 5.82 Å². The second kappa shape index (κ2) is 6.69. The first kappa shape index (κ1) is 16.0. The van der Waals surface area contributed by atoms with Crippen molar-refractivity contribution in [3.05, 3.63) is 36.4 Å². The molecule has 2 heterocycles. The number of aromatic nitrogens is 2. The quantitative estimate of drug-likeness (QED) is 0.921. The molecule has 0 atom stereocenters. The van der Waals surface area contributed by atoms with Gasteiger partial charge in [-0.2, -0.15) is 4.98 Å². The van der Waals surface area contributed by atoms with Crippen LogP contribution in [0.5, 0.6) is 11.6 Å². The number of rotatable bonds is 3.